The smallest absolute Gasteiger partial charge is 0.334 e. The Balaban J connectivity index is 4.27. The van der Waals surface area contributed by atoms with Crippen molar-refractivity contribution in [1.29, 1.82) is 0 Å². The van der Waals surface area contributed by atoms with Gasteiger partial charge in [-0.15, -0.1) is 0 Å². The van der Waals surface area contributed by atoms with Gasteiger partial charge in [-0.2, -0.15) is 0 Å². The van der Waals surface area contributed by atoms with Crippen LogP contribution in [0.25, 0.3) is 0 Å². The summed E-state index contributed by atoms with van der Waals surface area (Å²) >= 11 is 0. The Morgan fingerprint density at radius 3 is 2.06 bits per heavy atom. The van der Waals surface area contributed by atoms with Crippen LogP contribution in [0.1, 0.15) is 53.4 Å². The predicted molar refractivity (Wildman–Crippen MR) is 71.4 cm³/mol. The maximum atomic E-state index is 10.7. The molecule has 0 aliphatic heterocycles. The SMILES string of the molecule is CCC(C)CCC(C)CC(O)C(O)=C(C)C(=O)O. The number of carboxylic acid groups (broad SMARTS) is 1. The van der Waals surface area contributed by atoms with Crippen LogP contribution in [0, 0.1) is 11.8 Å². The van der Waals surface area contributed by atoms with Gasteiger partial charge in [0.15, 0.2) is 0 Å². The first-order valence-corrected chi connectivity index (χ1v) is 6.60. The van der Waals surface area contributed by atoms with Crippen LogP contribution in [0.2, 0.25) is 0 Å². The fraction of sp³-hybridized carbons (Fsp3) is 0.786. The third-order valence-corrected chi connectivity index (χ3v) is 3.50. The van der Waals surface area contributed by atoms with Crippen LogP contribution in [0.15, 0.2) is 11.3 Å². The molecule has 0 aromatic rings. The zero-order chi connectivity index (χ0) is 14.3. The molecule has 3 atom stereocenters. The van der Waals surface area contributed by atoms with Crippen molar-refractivity contribution in [1.82, 2.24) is 0 Å². The Morgan fingerprint density at radius 1 is 1.11 bits per heavy atom. The summed E-state index contributed by atoms with van der Waals surface area (Å²) in [4.78, 5) is 10.7. The van der Waals surface area contributed by atoms with Crippen LogP contribution >= 0.6 is 0 Å². The Kier molecular flexibility index (Phi) is 7.67. The van der Waals surface area contributed by atoms with Crippen molar-refractivity contribution >= 4 is 5.97 Å². The monoisotopic (exact) mass is 258 g/mol. The molecule has 0 rings (SSSR count). The molecule has 0 bridgehead atoms. The minimum absolute atomic E-state index is 0.184. The summed E-state index contributed by atoms with van der Waals surface area (Å²) in [7, 11) is 0. The molecule has 0 aliphatic rings. The van der Waals surface area contributed by atoms with Gasteiger partial charge in [-0.3, -0.25) is 0 Å². The number of hydrogen-bond acceptors (Lipinski definition) is 3. The summed E-state index contributed by atoms with van der Waals surface area (Å²) < 4.78 is 0. The van der Waals surface area contributed by atoms with E-state index in [1.54, 1.807) is 0 Å². The number of carboxylic acids is 1. The second-order valence-electron chi connectivity index (χ2n) is 5.26. The number of rotatable bonds is 8. The Labute approximate surface area is 109 Å². The maximum absolute atomic E-state index is 10.7. The second kappa shape index (κ2) is 8.14. The minimum atomic E-state index is -1.20. The lowest BCUT2D eigenvalue weighted by atomic mass is 9.92. The molecule has 0 amide bonds. The number of carbonyl (C=O) groups is 1. The van der Waals surface area contributed by atoms with E-state index in [4.69, 9.17) is 5.11 Å². The molecule has 0 fully saturated rings. The highest BCUT2D eigenvalue weighted by Gasteiger charge is 2.19. The summed E-state index contributed by atoms with van der Waals surface area (Å²) in [5.74, 6) is -0.691. The van der Waals surface area contributed by atoms with Gasteiger partial charge in [0.25, 0.3) is 0 Å². The molecule has 3 unspecified atom stereocenters. The number of aliphatic hydroxyl groups is 2. The summed E-state index contributed by atoms with van der Waals surface area (Å²) in [6.07, 6.45) is 2.52. The molecule has 0 spiro atoms. The van der Waals surface area contributed by atoms with Gasteiger partial charge in [0, 0.05) is 0 Å². The van der Waals surface area contributed by atoms with E-state index in [9.17, 15) is 15.0 Å². The number of aliphatic carboxylic acids is 1. The third-order valence-electron chi connectivity index (χ3n) is 3.50. The molecule has 0 radical (unpaired) electrons. The van der Waals surface area contributed by atoms with E-state index in [-0.39, 0.29) is 11.5 Å². The molecule has 18 heavy (non-hydrogen) atoms. The molecule has 4 nitrogen and oxygen atoms in total. The molecule has 0 heterocycles. The molecule has 106 valence electrons. The van der Waals surface area contributed by atoms with Gasteiger partial charge in [-0.1, -0.05) is 40.0 Å². The van der Waals surface area contributed by atoms with E-state index in [1.165, 1.54) is 6.92 Å². The quantitative estimate of drug-likeness (QED) is 0.462. The van der Waals surface area contributed by atoms with Crippen LogP contribution in [0.4, 0.5) is 0 Å². The first kappa shape index (κ1) is 17.0. The lowest BCUT2D eigenvalue weighted by molar-refractivity contribution is -0.133. The highest BCUT2D eigenvalue weighted by Crippen LogP contribution is 2.21. The Hall–Kier alpha value is -1.03. The normalized spacial score (nSPS) is 17.8. The highest BCUT2D eigenvalue weighted by atomic mass is 16.4. The van der Waals surface area contributed by atoms with Gasteiger partial charge in [0.2, 0.25) is 0 Å². The van der Waals surface area contributed by atoms with Crippen LogP contribution in [0.3, 0.4) is 0 Å². The van der Waals surface area contributed by atoms with Crippen LogP contribution in [0.5, 0.6) is 0 Å². The first-order chi connectivity index (χ1) is 8.29. The van der Waals surface area contributed by atoms with Crippen molar-refractivity contribution < 1.29 is 20.1 Å². The van der Waals surface area contributed by atoms with Crippen molar-refractivity contribution in [2.75, 3.05) is 0 Å². The number of aliphatic hydroxyl groups excluding tert-OH is 2. The fourth-order valence-corrected chi connectivity index (χ4v) is 1.74. The van der Waals surface area contributed by atoms with Crippen LogP contribution < -0.4 is 0 Å². The molecule has 0 saturated heterocycles. The third kappa shape index (κ3) is 6.05. The summed E-state index contributed by atoms with van der Waals surface area (Å²) in [6, 6.07) is 0. The van der Waals surface area contributed by atoms with Crippen molar-refractivity contribution in [3.05, 3.63) is 11.3 Å². The first-order valence-electron chi connectivity index (χ1n) is 6.60. The van der Waals surface area contributed by atoms with E-state index in [0.717, 1.165) is 19.3 Å². The molecule has 0 aromatic carbocycles. The second-order valence-corrected chi connectivity index (χ2v) is 5.26. The van der Waals surface area contributed by atoms with Gasteiger partial charge < -0.3 is 15.3 Å². The Bertz CT molecular complexity index is 296. The Morgan fingerprint density at radius 2 is 1.61 bits per heavy atom. The van der Waals surface area contributed by atoms with Crippen molar-refractivity contribution in [2.24, 2.45) is 11.8 Å². The zero-order valence-corrected chi connectivity index (χ0v) is 11.8. The molecule has 0 aliphatic carbocycles. The van der Waals surface area contributed by atoms with Gasteiger partial charge in [-0.05, 0) is 25.2 Å². The average Bonchev–Trinajstić information content (AvgIpc) is 2.33. The standard InChI is InChI=1S/C14H26O4/c1-5-9(2)6-7-10(3)8-12(15)13(16)11(4)14(17)18/h9-10,12,15-16H,5-8H2,1-4H3,(H,17,18). The van der Waals surface area contributed by atoms with E-state index in [2.05, 4.69) is 13.8 Å². The zero-order valence-electron chi connectivity index (χ0n) is 11.8. The van der Waals surface area contributed by atoms with E-state index < -0.39 is 17.8 Å². The van der Waals surface area contributed by atoms with Gasteiger partial charge in [0.1, 0.15) is 11.9 Å². The largest absolute Gasteiger partial charge is 0.509 e. The molecule has 0 saturated carbocycles. The van der Waals surface area contributed by atoms with Crippen molar-refractivity contribution in [3.8, 4) is 0 Å². The van der Waals surface area contributed by atoms with Crippen molar-refractivity contribution in [2.45, 2.75) is 59.5 Å². The number of hydrogen-bond donors (Lipinski definition) is 3. The van der Waals surface area contributed by atoms with Gasteiger partial charge >= 0.3 is 5.97 Å². The van der Waals surface area contributed by atoms with Crippen molar-refractivity contribution in [3.63, 3.8) is 0 Å². The average molecular weight is 258 g/mol. The lowest BCUT2D eigenvalue weighted by Gasteiger charge is -2.18. The fourth-order valence-electron chi connectivity index (χ4n) is 1.74. The summed E-state index contributed by atoms with van der Waals surface area (Å²) in [5.41, 5.74) is -0.184. The van der Waals surface area contributed by atoms with E-state index in [1.807, 2.05) is 6.92 Å². The molecule has 0 aromatic heterocycles. The molecular formula is C14H26O4. The van der Waals surface area contributed by atoms with Gasteiger partial charge in [0.05, 0.1) is 5.57 Å². The van der Waals surface area contributed by atoms with Crippen LogP contribution in [-0.2, 0) is 4.79 Å². The molecule has 3 N–H and O–H groups in total. The van der Waals surface area contributed by atoms with Gasteiger partial charge in [-0.25, -0.2) is 4.79 Å². The van der Waals surface area contributed by atoms with E-state index >= 15 is 0 Å². The molecule has 4 heteroatoms. The minimum Gasteiger partial charge on any atom is -0.509 e. The maximum Gasteiger partial charge on any atom is 0.334 e. The predicted octanol–water partition coefficient (Wildman–Crippen LogP) is 3.12. The summed E-state index contributed by atoms with van der Waals surface area (Å²) in [6.45, 7) is 7.64. The van der Waals surface area contributed by atoms with E-state index in [0.29, 0.717) is 12.3 Å². The highest BCUT2D eigenvalue weighted by molar-refractivity contribution is 5.86. The molecular weight excluding hydrogens is 232 g/mol. The summed E-state index contributed by atoms with van der Waals surface area (Å²) in [5, 5.41) is 28.1. The lowest BCUT2D eigenvalue weighted by Crippen LogP contribution is -2.18. The van der Waals surface area contributed by atoms with Crippen LogP contribution in [-0.4, -0.2) is 27.4 Å². The topological polar surface area (TPSA) is 77.8 Å².